The lowest BCUT2D eigenvalue weighted by Gasteiger charge is -2.16. The molecule has 4 aromatic carbocycles. The molecule has 8 rings (SSSR count). The van der Waals surface area contributed by atoms with E-state index in [4.69, 9.17) is 9.40 Å². The molecule has 0 unspecified atom stereocenters. The molecule has 0 radical (unpaired) electrons. The normalized spacial score (nSPS) is 12.4. The summed E-state index contributed by atoms with van der Waals surface area (Å²) in [4.78, 5) is 5.21. The monoisotopic (exact) mass is 450 g/mol. The lowest BCUT2D eigenvalue weighted by atomic mass is 9.95. The Morgan fingerprint density at radius 2 is 1.29 bits per heavy atom. The predicted octanol–water partition coefficient (Wildman–Crippen LogP) is 8.72. The molecule has 0 N–H and O–H groups in total. The van der Waals surface area contributed by atoms with Gasteiger partial charge in [-0.3, -0.25) is 4.40 Å². The topological polar surface area (TPSA) is 30.4 Å². The third-order valence-corrected chi connectivity index (χ3v) is 7.57. The summed E-state index contributed by atoms with van der Waals surface area (Å²) in [7, 11) is 0. The largest absolute Gasteiger partial charge is 0.455 e. The average Bonchev–Trinajstić information content (AvgIpc) is 3.52. The van der Waals surface area contributed by atoms with Gasteiger partial charge in [0.05, 0.1) is 16.7 Å². The first-order valence-corrected chi connectivity index (χ1v) is 12.1. The van der Waals surface area contributed by atoms with Crippen molar-refractivity contribution in [3.05, 3.63) is 95.6 Å². The molecule has 0 aliphatic carbocycles. The molecule has 0 saturated heterocycles. The molecule has 0 fully saturated rings. The number of benzene rings is 5. The van der Waals surface area contributed by atoms with Crippen LogP contribution in [-0.4, -0.2) is 9.38 Å². The third-order valence-electron chi connectivity index (χ3n) is 7.57. The molecule has 0 aliphatic heterocycles. The van der Waals surface area contributed by atoms with Crippen LogP contribution in [0.3, 0.4) is 0 Å². The van der Waals surface area contributed by atoms with Gasteiger partial charge < -0.3 is 4.42 Å². The zero-order valence-corrected chi connectivity index (χ0v) is 19.8. The van der Waals surface area contributed by atoms with Gasteiger partial charge in [0.25, 0.3) is 0 Å². The van der Waals surface area contributed by atoms with E-state index in [9.17, 15) is 0 Å². The fraction of sp³-hybridized carbons (Fsp3) is 0.0938. The molecule has 8 aromatic rings. The SMILES string of the molecule is Cc1cc(C)c(-c2cc3ccccc3c3nc4cc5c(cc4n23)c2oc5c3ccccc32)c(C)c1. The average molecular weight is 451 g/mol. The van der Waals surface area contributed by atoms with Gasteiger partial charge in [-0.2, -0.15) is 0 Å². The smallest absolute Gasteiger partial charge is 0.146 e. The fourth-order valence-corrected chi connectivity index (χ4v) is 6.22. The van der Waals surface area contributed by atoms with Crippen LogP contribution in [-0.2, 0) is 0 Å². The van der Waals surface area contributed by atoms with Crippen molar-refractivity contribution in [1.82, 2.24) is 9.38 Å². The van der Waals surface area contributed by atoms with Crippen LogP contribution in [0.2, 0.25) is 0 Å². The molecular formula is C32H22N2O. The second-order valence-corrected chi connectivity index (χ2v) is 9.85. The number of furan rings is 2. The number of nitrogens with zero attached hydrogens (tertiary/aromatic N) is 2. The number of hydrogen-bond donors (Lipinski definition) is 0. The molecule has 3 heteroatoms. The van der Waals surface area contributed by atoms with Gasteiger partial charge in [0, 0.05) is 32.5 Å². The van der Waals surface area contributed by atoms with E-state index < -0.39 is 0 Å². The first-order valence-electron chi connectivity index (χ1n) is 12.1. The number of aromatic nitrogens is 2. The summed E-state index contributed by atoms with van der Waals surface area (Å²) >= 11 is 0. The minimum Gasteiger partial charge on any atom is -0.455 e. The molecule has 0 saturated carbocycles. The second-order valence-electron chi connectivity index (χ2n) is 9.85. The molecule has 0 aliphatic rings. The number of rotatable bonds is 1. The van der Waals surface area contributed by atoms with Crippen molar-refractivity contribution >= 4 is 60.2 Å². The number of pyridine rings is 1. The molecule has 35 heavy (non-hydrogen) atoms. The summed E-state index contributed by atoms with van der Waals surface area (Å²) in [5, 5.41) is 7.02. The molecular weight excluding hydrogens is 428 g/mol. The summed E-state index contributed by atoms with van der Waals surface area (Å²) in [6, 6.07) is 28.4. The molecule has 0 amide bonds. The highest BCUT2D eigenvalue weighted by Gasteiger charge is 2.21. The van der Waals surface area contributed by atoms with E-state index in [0.717, 1.165) is 44.0 Å². The van der Waals surface area contributed by atoms with E-state index in [-0.39, 0.29) is 0 Å². The van der Waals surface area contributed by atoms with Gasteiger partial charge in [-0.1, -0.05) is 66.2 Å². The maximum Gasteiger partial charge on any atom is 0.146 e. The molecule has 0 atom stereocenters. The first kappa shape index (κ1) is 19.0. The zero-order valence-electron chi connectivity index (χ0n) is 19.8. The van der Waals surface area contributed by atoms with Gasteiger partial charge in [-0.25, -0.2) is 4.98 Å². The summed E-state index contributed by atoms with van der Waals surface area (Å²) in [5.74, 6) is 0. The van der Waals surface area contributed by atoms with Gasteiger partial charge in [0.15, 0.2) is 0 Å². The summed E-state index contributed by atoms with van der Waals surface area (Å²) < 4.78 is 8.65. The number of hydrogen-bond acceptors (Lipinski definition) is 2. The van der Waals surface area contributed by atoms with Crippen LogP contribution in [0.25, 0.3) is 71.4 Å². The van der Waals surface area contributed by atoms with Gasteiger partial charge in [0.1, 0.15) is 16.8 Å². The molecule has 4 aromatic heterocycles. The fourth-order valence-electron chi connectivity index (χ4n) is 6.22. The van der Waals surface area contributed by atoms with Crippen LogP contribution in [0.1, 0.15) is 16.7 Å². The standard InChI is InChI=1S/C32H22N2O/c1-17-12-18(2)29(19(3)13-17)28-14-20-8-4-5-9-21(20)32-33-26-15-24-25(16-27(26)34(28)32)31-23-11-7-6-10-22(23)30(24)35-31/h4-16H,1-3H3. The van der Waals surface area contributed by atoms with E-state index in [0.29, 0.717) is 0 Å². The van der Waals surface area contributed by atoms with Crippen LogP contribution in [0, 0.1) is 20.8 Å². The van der Waals surface area contributed by atoms with Crippen LogP contribution < -0.4 is 0 Å². The van der Waals surface area contributed by atoms with Crippen molar-refractivity contribution in [2.45, 2.75) is 20.8 Å². The number of imidazole rings is 1. The van der Waals surface area contributed by atoms with Crippen LogP contribution >= 0.6 is 0 Å². The van der Waals surface area contributed by atoms with Gasteiger partial charge in [0.2, 0.25) is 0 Å². The number of fused-ring (bicyclic) bond motifs is 13. The highest BCUT2D eigenvalue weighted by atomic mass is 16.3. The van der Waals surface area contributed by atoms with Gasteiger partial charge in [-0.05, 0) is 55.5 Å². The Morgan fingerprint density at radius 1 is 0.657 bits per heavy atom. The van der Waals surface area contributed by atoms with E-state index in [1.165, 1.54) is 44.1 Å². The molecule has 4 heterocycles. The van der Waals surface area contributed by atoms with Crippen LogP contribution in [0.5, 0.6) is 0 Å². The van der Waals surface area contributed by atoms with Crippen LogP contribution in [0.15, 0.2) is 83.3 Å². The lowest BCUT2D eigenvalue weighted by Crippen LogP contribution is -1.98. The number of aryl methyl sites for hydroxylation is 3. The summed E-state index contributed by atoms with van der Waals surface area (Å²) in [6.07, 6.45) is 0. The minimum absolute atomic E-state index is 0.958. The lowest BCUT2D eigenvalue weighted by molar-refractivity contribution is 0.682. The summed E-state index contributed by atoms with van der Waals surface area (Å²) in [6.45, 7) is 6.59. The van der Waals surface area contributed by atoms with Crippen molar-refractivity contribution in [3.8, 4) is 11.3 Å². The van der Waals surface area contributed by atoms with Gasteiger partial charge >= 0.3 is 0 Å². The highest BCUT2D eigenvalue weighted by molar-refractivity contribution is 6.27. The van der Waals surface area contributed by atoms with E-state index in [2.05, 4.69) is 104 Å². The minimum atomic E-state index is 0.958. The Kier molecular flexibility index (Phi) is 3.47. The quantitative estimate of drug-likeness (QED) is 0.234. The van der Waals surface area contributed by atoms with E-state index in [1.807, 2.05) is 0 Å². The maximum atomic E-state index is 6.30. The Balaban J connectivity index is 1.60. The molecule has 3 nitrogen and oxygen atoms in total. The third kappa shape index (κ3) is 2.37. The van der Waals surface area contributed by atoms with Crippen molar-refractivity contribution in [1.29, 1.82) is 0 Å². The Bertz CT molecular complexity index is 2120. The predicted molar refractivity (Wildman–Crippen MR) is 146 cm³/mol. The van der Waals surface area contributed by atoms with Crippen molar-refractivity contribution < 1.29 is 4.42 Å². The molecule has 2 bridgehead atoms. The van der Waals surface area contributed by atoms with E-state index >= 15 is 0 Å². The van der Waals surface area contributed by atoms with Crippen molar-refractivity contribution in [3.63, 3.8) is 0 Å². The van der Waals surface area contributed by atoms with E-state index in [1.54, 1.807) is 0 Å². The highest BCUT2D eigenvalue weighted by Crippen LogP contribution is 2.43. The Morgan fingerprint density at radius 3 is 2.00 bits per heavy atom. The van der Waals surface area contributed by atoms with Crippen molar-refractivity contribution in [2.24, 2.45) is 0 Å². The Hall–Kier alpha value is -4.37. The molecule has 0 spiro atoms. The van der Waals surface area contributed by atoms with Crippen LogP contribution in [0.4, 0.5) is 0 Å². The second kappa shape index (κ2) is 6.39. The first-order chi connectivity index (χ1) is 17.1. The Labute approximate surface area is 201 Å². The maximum absolute atomic E-state index is 6.30. The zero-order chi connectivity index (χ0) is 23.4. The molecule has 166 valence electrons. The summed E-state index contributed by atoms with van der Waals surface area (Å²) in [5.41, 5.74) is 11.3. The van der Waals surface area contributed by atoms with Gasteiger partial charge in [-0.15, -0.1) is 0 Å². The van der Waals surface area contributed by atoms with Crippen molar-refractivity contribution in [2.75, 3.05) is 0 Å².